The van der Waals surface area contributed by atoms with Crippen molar-refractivity contribution in [3.63, 3.8) is 0 Å². The first kappa shape index (κ1) is 16.4. The van der Waals surface area contributed by atoms with Gasteiger partial charge in [-0.05, 0) is 68.8 Å². The second-order valence-electron chi connectivity index (χ2n) is 7.08. The van der Waals surface area contributed by atoms with E-state index in [1.807, 2.05) is 6.92 Å². The summed E-state index contributed by atoms with van der Waals surface area (Å²) < 4.78 is 12.9. The minimum atomic E-state index is -0.696. The molecule has 0 aromatic heterocycles. The number of hydrogen-bond acceptors (Lipinski definition) is 3. The molecule has 1 saturated heterocycles. The van der Waals surface area contributed by atoms with E-state index < -0.39 is 6.10 Å². The molecule has 5 heteroatoms. The van der Waals surface area contributed by atoms with E-state index in [2.05, 4.69) is 10.6 Å². The van der Waals surface area contributed by atoms with Crippen LogP contribution in [0.15, 0.2) is 24.3 Å². The number of halogens is 1. The molecule has 4 nitrogen and oxygen atoms in total. The van der Waals surface area contributed by atoms with Crippen LogP contribution in [0, 0.1) is 17.2 Å². The Morgan fingerprint density at radius 3 is 2.70 bits per heavy atom. The fourth-order valence-electron chi connectivity index (χ4n) is 3.75. The molecule has 1 aromatic rings. The minimum absolute atomic E-state index is 0.109. The summed E-state index contributed by atoms with van der Waals surface area (Å²) in [5, 5.41) is 16.6. The van der Waals surface area contributed by atoms with Gasteiger partial charge in [-0.15, -0.1) is 0 Å². The number of aliphatic hydroxyl groups excluding tert-OH is 1. The van der Waals surface area contributed by atoms with E-state index in [1.165, 1.54) is 12.1 Å². The van der Waals surface area contributed by atoms with Gasteiger partial charge in [-0.3, -0.25) is 4.79 Å². The van der Waals surface area contributed by atoms with Crippen LogP contribution in [0.3, 0.4) is 0 Å². The normalized spacial score (nSPS) is 24.9. The number of hydrogen-bond donors (Lipinski definition) is 3. The first-order chi connectivity index (χ1) is 11.0. The number of amides is 1. The van der Waals surface area contributed by atoms with Crippen LogP contribution in [-0.4, -0.2) is 30.1 Å². The maximum atomic E-state index is 12.9. The number of aliphatic hydroxyl groups is 1. The lowest BCUT2D eigenvalue weighted by atomic mass is 9.91. The number of carbonyl (C=O) groups excluding carboxylic acids is 1. The minimum Gasteiger partial charge on any atom is -0.388 e. The molecule has 1 amide bonds. The van der Waals surface area contributed by atoms with Gasteiger partial charge in [-0.25, -0.2) is 4.39 Å². The lowest BCUT2D eigenvalue weighted by molar-refractivity contribution is -0.124. The molecule has 1 aliphatic carbocycles. The third kappa shape index (κ3) is 3.72. The molecule has 23 heavy (non-hydrogen) atoms. The summed E-state index contributed by atoms with van der Waals surface area (Å²) in [6, 6.07) is 5.74. The van der Waals surface area contributed by atoms with Crippen LogP contribution in [0.1, 0.15) is 44.3 Å². The number of piperidine rings is 1. The molecule has 3 rings (SSSR count). The Kier molecular flexibility index (Phi) is 4.69. The molecule has 1 aromatic carbocycles. The van der Waals surface area contributed by atoms with Gasteiger partial charge in [0.25, 0.3) is 0 Å². The van der Waals surface area contributed by atoms with Gasteiger partial charge < -0.3 is 15.7 Å². The Morgan fingerprint density at radius 2 is 2.04 bits per heavy atom. The SMILES string of the molecule is CC(CC(O)c1ccc(F)cc1)NC(=O)C1CC12CCNCC2. The molecule has 0 radical (unpaired) electrons. The summed E-state index contributed by atoms with van der Waals surface area (Å²) in [5.74, 6) is -0.0657. The fourth-order valence-corrected chi connectivity index (χ4v) is 3.75. The van der Waals surface area contributed by atoms with Gasteiger partial charge in [-0.2, -0.15) is 0 Å². The van der Waals surface area contributed by atoms with Crippen molar-refractivity contribution in [1.29, 1.82) is 0 Å². The number of rotatable bonds is 5. The Bertz CT molecular complexity index is 555. The van der Waals surface area contributed by atoms with Gasteiger partial charge in [0.15, 0.2) is 0 Å². The van der Waals surface area contributed by atoms with Crippen molar-refractivity contribution in [3.05, 3.63) is 35.6 Å². The van der Waals surface area contributed by atoms with E-state index in [1.54, 1.807) is 12.1 Å². The van der Waals surface area contributed by atoms with Crippen molar-refractivity contribution in [2.24, 2.45) is 11.3 Å². The van der Waals surface area contributed by atoms with Crippen LogP contribution >= 0.6 is 0 Å². The van der Waals surface area contributed by atoms with Crippen molar-refractivity contribution in [2.75, 3.05) is 13.1 Å². The number of benzene rings is 1. The quantitative estimate of drug-likeness (QED) is 0.779. The Hall–Kier alpha value is -1.46. The lowest BCUT2D eigenvalue weighted by Crippen LogP contribution is -2.38. The first-order valence-electron chi connectivity index (χ1n) is 8.45. The van der Waals surface area contributed by atoms with Gasteiger partial charge in [-0.1, -0.05) is 12.1 Å². The van der Waals surface area contributed by atoms with Crippen molar-refractivity contribution in [2.45, 2.75) is 44.8 Å². The lowest BCUT2D eigenvalue weighted by Gasteiger charge is -2.24. The van der Waals surface area contributed by atoms with Gasteiger partial charge in [0.2, 0.25) is 5.91 Å². The molecule has 126 valence electrons. The average Bonchev–Trinajstić information content (AvgIpc) is 3.21. The van der Waals surface area contributed by atoms with Gasteiger partial charge >= 0.3 is 0 Å². The van der Waals surface area contributed by atoms with Gasteiger partial charge in [0.05, 0.1) is 6.10 Å². The van der Waals surface area contributed by atoms with E-state index in [0.717, 1.165) is 32.4 Å². The van der Waals surface area contributed by atoms with Crippen LogP contribution in [0.5, 0.6) is 0 Å². The highest BCUT2D eigenvalue weighted by Crippen LogP contribution is 2.58. The van der Waals surface area contributed by atoms with E-state index >= 15 is 0 Å². The Balaban J connectivity index is 1.48. The van der Waals surface area contributed by atoms with E-state index in [9.17, 15) is 14.3 Å². The highest BCUT2D eigenvalue weighted by atomic mass is 19.1. The van der Waals surface area contributed by atoms with Crippen LogP contribution in [-0.2, 0) is 4.79 Å². The largest absolute Gasteiger partial charge is 0.388 e. The van der Waals surface area contributed by atoms with Crippen LogP contribution < -0.4 is 10.6 Å². The van der Waals surface area contributed by atoms with Crippen LogP contribution in [0.25, 0.3) is 0 Å². The molecular formula is C18H25FN2O2. The van der Waals surface area contributed by atoms with Crippen LogP contribution in [0.4, 0.5) is 4.39 Å². The Morgan fingerprint density at radius 1 is 1.39 bits per heavy atom. The van der Waals surface area contributed by atoms with E-state index in [0.29, 0.717) is 12.0 Å². The summed E-state index contributed by atoms with van der Waals surface area (Å²) in [6.07, 6.45) is 2.89. The number of carbonyl (C=O) groups is 1. The summed E-state index contributed by atoms with van der Waals surface area (Å²) >= 11 is 0. The molecule has 1 heterocycles. The Labute approximate surface area is 136 Å². The molecule has 1 aliphatic heterocycles. The maximum Gasteiger partial charge on any atom is 0.223 e. The predicted molar refractivity (Wildman–Crippen MR) is 86.2 cm³/mol. The second-order valence-corrected chi connectivity index (χ2v) is 7.08. The summed E-state index contributed by atoms with van der Waals surface area (Å²) in [4.78, 5) is 12.4. The molecule has 2 aliphatic rings. The average molecular weight is 320 g/mol. The monoisotopic (exact) mass is 320 g/mol. The third-order valence-corrected chi connectivity index (χ3v) is 5.33. The van der Waals surface area contributed by atoms with Gasteiger partial charge in [0.1, 0.15) is 5.82 Å². The van der Waals surface area contributed by atoms with Crippen molar-refractivity contribution < 1.29 is 14.3 Å². The highest BCUT2D eigenvalue weighted by Gasteiger charge is 2.57. The highest BCUT2D eigenvalue weighted by molar-refractivity contribution is 5.82. The van der Waals surface area contributed by atoms with E-state index in [4.69, 9.17) is 0 Å². The first-order valence-corrected chi connectivity index (χ1v) is 8.45. The maximum absolute atomic E-state index is 12.9. The fraction of sp³-hybridized carbons (Fsp3) is 0.611. The molecule has 1 spiro atoms. The van der Waals surface area contributed by atoms with Gasteiger partial charge in [0, 0.05) is 12.0 Å². The van der Waals surface area contributed by atoms with Crippen molar-refractivity contribution in [3.8, 4) is 0 Å². The summed E-state index contributed by atoms with van der Waals surface area (Å²) in [5.41, 5.74) is 0.902. The zero-order chi connectivity index (χ0) is 16.4. The summed E-state index contributed by atoms with van der Waals surface area (Å²) in [7, 11) is 0. The van der Waals surface area contributed by atoms with E-state index in [-0.39, 0.29) is 29.1 Å². The number of nitrogens with one attached hydrogen (secondary N) is 2. The molecule has 2 fully saturated rings. The zero-order valence-corrected chi connectivity index (χ0v) is 13.5. The van der Waals surface area contributed by atoms with Crippen LogP contribution in [0.2, 0.25) is 0 Å². The standard InChI is InChI=1S/C18H25FN2O2/c1-12(10-16(22)13-2-4-14(19)5-3-13)21-17(23)15-11-18(15)6-8-20-9-7-18/h2-5,12,15-16,20,22H,6-11H2,1H3,(H,21,23). The summed E-state index contributed by atoms with van der Waals surface area (Å²) in [6.45, 7) is 3.91. The van der Waals surface area contributed by atoms with Crippen molar-refractivity contribution >= 4 is 5.91 Å². The predicted octanol–water partition coefficient (Wildman–Crippen LogP) is 2.14. The molecular weight excluding hydrogens is 295 g/mol. The zero-order valence-electron chi connectivity index (χ0n) is 13.5. The topological polar surface area (TPSA) is 61.4 Å². The third-order valence-electron chi connectivity index (χ3n) is 5.33. The van der Waals surface area contributed by atoms with Crippen molar-refractivity contribution in [1.82, 2.24) is 10.6 Å². The molecule has 3 N–H and O–H groups in total. The smallest absolute Gasteiger partial charge is 0.223 e. The molecule has 3 unspecified atom stereocenters. The molecule has 0 bridgehead atoms. The molecule has 3 atom stereocenters. The molecule has 1 saturated carbocycles. The second kappa shape index (κ2) is 6.57.